The zero-order valence-electron chi connectivity index (χ0n) is 13.0. The van der Waals surface area contributed by atoms with Crippen LogP contribution in [0.25, 0.3) is 11.0 Å². The number of aryl methyl sites for hydroxylation is 1. The molecule has 0 aromatic carbocycles. The fourth-order valence-electron chi connectivity index (χ4n) is 2.64. The second-order valence-electron chi connectivity index (χ2n) is 5.61. The van der Waals surface area contributed by atoms with Gasteiger partial charge in [-0.15, -0.1) is 0 Å². The third-order valence-electron chi connectivity index (χ3n) is 3.83. The van der Waals surface area contributed by atoms with E-state index in [9.17, 15) is 18.0 Å². The Morgan fingerprint density at radius 2 is 1.92 bits per heavy atom. The molecule has 0 aliphatic rings. The van der Waals surface area contributed by atoms with Crippen LogP contribution in [0.4, 0.5) is 13.2 Å². The normalized spacial score (nSPS) is 11.8. The molecular formula is C17H14F3N3O2. The first-order valence-corrected chi connectivity index (χ1v) is 7.50. The standard InChI is InChI=1S/C17H14F3N3O2/c18-17(19,20)13-7-12-8-14(1-2-15(24)25)23(16(12)22-9-13)10-11-3-5-21-6-4-11/h3-9H,1-2,10H2,(H,24,25). The molecule has 0 spiro atoms. The van der Waals surface area contributed by atoms with Crippen molar-refractivity contribution >= 4 is 17.0 Å². The summed E-state index contributed by atoms with van der Waals surface area (Å²) in [5.74, 6) is -0.968. The molecule has 3 heterocycles. The highest BCUT2D eigenvalue weighted by Gasteiger charge is 2.31. The van der Waals surface area contributed by atoms with Crippen molar-refractivity contribution in [2.24, 2.45) is 0 Å². The molecule has 3 rings (SSSR count). The fraction of sp³-hybridized carbons (Fsp3) is 0.235. The Kier molecular flexibility index (Phi) is 4.43. The van der Waals surface area contributed by atoms with Gasteiger partial charge in [0.1, 0.15) is 5.65 Å². The molecule has 0 unspecified atom stereocenters. The van der Waals surface area contributed by atoms with E-state index in [1.807, 2.05) is 0 Å². The van der Waals surface area contributed by atoms with Crippen LogP contribution in [0.1, 0.15) is 23.2 Å². The van der Waals surface area contributed by atoms with Crippen molar-refractivity contribution < 1.29 is 23.1 Å². The van der Waals surface area contributed by atoms with Gasteiger partial charge >= 0.3 is 12.1 Å². The first-order chi connectivity index (χ1) is 11.8. The Hall–Kier alpha value is -2.90. The van der Waals surface area contributed by atoms with E-state index >= 15 is 0 Å². The molecule has 0 aliphatic heterocycles. The van der Waals surface area contributed by atoms with E-state index in [1.165, 1.54) is 0 Å². The van der Waals surface area contributed by atoms with Crippen LogP contribution in [0.2, 0.25) is 0 Å². The van der Waals surface area contributed by atoms with Crippen LogP contribution in [0, 0.1) is 0 Å². The van der Waals surface area contributed by atoms with Gasteiger partial charge in [0.15, 0.2) is 0 Å². The van der Waals surface area contributed by atoms with E-state index in [2.05, 4.69) is 9.97 Å². The molecule has 8 heteroatoms. The molecule has 0 fully saturated rings. The van der Waals surface area contributed by atoms with Crippen molar-refractivity contribution in [3.8, 4) is 0 Å². The fourth-order valence-corrected chi connectivity index (χ4v) is 2.64. The number of hydrogen-bond donors (Lipinski definition) is 1. The number of alkyl halides is 3. The van der Waals surface area contributed by atoms with Crippen molar-refractivity contribution in [2.45, 2.75) is 25.6 Å². The number of pyridine rings is 2. The van der Waals surface area contributed by atoms with Crippen LogP contribution in [0.15, 0.2) is 42.9 Å². The highest BCUT2D eigenvalue weighted by atomic mass is 19.4. The SMILES string of the molecule is O=C(O)CCc1cc2cc(C(F)(F)F)cnc2n1Cc1ccncc1. The zero-order chi connectivity index (χ0) is 18.0. The topological polar surface area (TPSA) is 68.0 Å². The predicted molar refractivity (Wildman–Crippen MR) is 84.0 cm³/mol. The average Bonchev–Trinajstić information content (AvgIpc) is 2.90. The second-order valence-corrected chi connectivity index (χ2v) is 5.61. The molecule has 0 saturated carbocycles. The molecule has 0 amide bonds. The highest BCUT2D eigenvalue weighted by molar-refractivity contribution is 5.78. The van der Waals surface area contributed by atoms with Crippen molar-refractivity contribution in [3.05, 3.63) is 59.7 Å². The van der Waals surface area contributed by atoms with Gasteiger partial charge < -0.3 is 9.67 Å². The number of carboxylic acids is 1. The number of hydrogen-bond acceptors (Lipinski definition) is 3. The van der Waals surface area contributed by atoms with Crippen LogP contribution in [-0.4, -0.2) is 25.6 Å². The van der Waals surface area contributed by atoms with Gasteiger partial charge in [0, 0.05) is 36.2 Å². The Bertz CT molecular complexity index is 905. The average molecular weight is 349 g/mol. The number of aromatic nitrogens is 3. The summed E-state index contributed by atoms with van der Waals surface area (Å²) in [5, 5.41) is 9.24. The van der Waals surface area contributed by atoms with Gasteiger partial charge in [0.05, 0.1) is 12.0 Å². The number of halogens is 3. The number of nitrogens with zero attached hydrogens (tertiary/aromatic N) is 3. The van der Waals surface area contributed by atoms with Gasteiger partial charge in [-0.1, -0.05) is 0 Å². The summed E-state index contributed by atoms with van der Waals surface area (Å²) in [6.07, 6.45) is -0.348. The summed E-state index contributed by atoms with van der Waals surface area (Å²) in [6.45, 7) is 0.374. The van der Waals surface area contributed by atoms with Gasteiger partial charge in [0.2, 0.25) is 0 Å². The van der Waals surface area contributed by atoms with Crippen LogP contribution in [0.3, 0.4) is 0 Å². The van der Waals surface area contributed by atoms with E-state index in [4.69, 9.17) is 5.11 Å². The minimum absolute atomic E-state index is 0.112. The summed E-state index contributed by atoms with van der Waals surface area (Å²) in [6, 6.07) is 6.19. The number of fused-ring (bicyclic) bond motifs is 1. The third kappa shape index (κ3) is 3.78. The summed E-state index contributed by atoms with van der Waals surface area (Å²) < 4.78 is 40.4. The third-order valence-corrected chi connectivity index (χ3v) is 3.83. The van der Waals surface area contributed by atoms with Crippen LogP contribution in [-0.2, 0) is 23.9 Å². The van der Waals surface area contributed by atoms with Gasteiger partial charge in [-0.3, -0.25) is 9.78 Å². The molecule has 130 valence electrons. The van der Waals surface area contributed by atoms with E-state index in [0.717, 1.165) is 17.8 Å². The monoisotopic (exact) mass is 349 g/mol. The summed E-state index contributed by atoms with van der Waals surface area (Å²) in [5.41, 5.74) is 1.09. The van der Waals surface area contributed by atoms with Crippen molar-refractivity contribution in [3.63, 3.8) is 0 Å². The Morgan fingerprint density at radius 1 is 1.20 bits per heavy atom. The molecule has 3 aromatic heterocycles. The molecule has 5 nitrogen and oxygen atoms in total. The summed E-state index contributed by atoms with van der Waals surface area (Å²) >= 11 is 0. The number of carbonyl (C=O) groups is 1. The first kappa shape index (κ1) is 16.9. The highest BCUT2D eigenvalue weighted by Crippen LogP contribution is 2.31. The molecule has 1 N–H and O–H groups in total. The lowest BCUT2D eigenvalue weighted by molar-refractivity contribution is -0.138. The number of rotatable bonds is 5. The number of carboxylic acid groups (broad SMARTS) is 1. The minimum Gasteiger partial charge on any atom is -0.481 e. The quantitative estimate of drug-likeness (QED) is 0.765. The molecule has 0 saturated heterocycles. The molecular weight excluding hydrogens is 335 g/mol. The molecule has 25 heavy (non-hydrogen) atoms. The Balaban J connectivity index is 2.06. The predicted octanol–water partition coefficient (Wildman–Crippen LogP) is 3.52. The van der Waals surface area contributed by atoms with Gasteiger partial charge in [-0.2, -0.15) is 13.2 Å². The van der Waals surface area contributed by atoms with Gasteiger partial charge in [-0.25, -0.2) is 4.98 Å². The molecule has 0 aliphatic carbocycles. The lowest BCUT2D eigenvalue weighted by Gasteiger charge is -2.10. The molecule has 0 atom stereocenters. The molecule has 3 aromatic rings. The number of aliphatic carboxylic acids is 1. The maximum Gasteiger partial charge on any atom is 0.417 e. The van der Waals surface area contributed by atoms with Crippen molar-refractivity contribution in [1.82, 2.24) is 14.5 Å². The lowest BCUT2D eigenvalue weighted by Crippen LogP contribution is -2.08. The lowest BCUT2D eigenvalue weighted by atomic mass is 10.2. The maximum absolute atomic E-state index is 12.9. The maximum atomic E-state index is 12.9. The first-order valence-electron chi connectivity index (χ1n) is 7.50. The van der Waals surface area contributed by atoms with Crippen LogP contribution < -0.4 is 0 Å². The van der Waals surface area contributed by atoms with Gasteiger partial charge in [-0.05, 0) is 36.2 Å². The van der Waals surface area contributed by atoms with E-state index < -0.39 is 17.7 Å². The Labute approximate surface area is 140 Å². The van der Waals surface area contributed by atoms with Crippen LogP contribution in [0.5, 0.6) is 0 Å². The van der Waals surface area contributed by atoms with Crippen molar-refractivity contribution in [1.29, 1.82) is 0 Å². The summed E-state index contributed by atoms with van der Waals surface area (Å²) in [7, 11) is 0. The minimum atomic E-state index is -4.48. The smallest absolute Gasteiger partial charge is 0.417 e. The van der Waals surface area contributed by atoms with Crippen molar-refractivity contribution in [2.75, 3.05) is 0 Å². The van der Waals surface area contributed by atoms with E-state index in [1.54, 1.807) is 35.2 Å². The second kappa shape index (κ2) is 6.54. The molecule has 0 radical (unpaired) electrons. The zero-order valence-corrected chi connectivity index (χ0v) is 13.0. The molecule has 0 bridgehead atoms. The van der Waals surface area contributed by atoms with E-state index in [-0.39, 0.29) is 12.8 Å². The summed E-state index contributed by atoms with van der Waals surface area (Å²) in [4.78, 5) is 18.8. The van der Waals surface area contributed by atoms with E-state index in [0.29, 0.717) is 23.3 Å². The Morgan fingerprint density at radius 3 is 2.56 bits per heavy atom. The largest absolute Gasteiger partial charge is 0.481 e. The van der Waals surface area contributed by atoms with Crippen LogP contribution >= 0.6 is 0 Å². The van der Waals surface area contributed by atoms with Gasteiger partial charge in [0.25, 0.3) is 0 Å².